The predicted octanol–water partition coefficient (Wildman–Crippen LogP) is 9.26. The number of carbonyl (C=O) groups excluding carboxylic acids is 2. The molecule has 1 amide bonds. The van der Waals surface area contributed by atoms with Crippen LogP contribution in [0.3, 0.4) is 0 Å². The largest absolute Gasteiger partial charge is 0.481 e. The molecule has 1 atom stereocenters. The van der Waals surface area contributed by atoms with Gasteiger partial charge in [-0.15, -0.1) is 0 Å². The molecule has 0 saturated carbocycles. The van der Waals surface area contributed by atoms with Crippen molar-refractivity contribution in [2.45, 2.75) is 180 Å². The van der Waals surface area contributed by atoms with E-state index < -0.39 is 12.0 Å². The molecule has 37 heavy (non-hydrogen) atoms. The summed E-state index contributed by atoms with van der Waals surface area (Å²) in [5, 5.41) is 9.31. The van der Waals surface area contributed by atoms with E-state index in [0.29, 0.717) is 12.8 Å². The van der Waals surface area contributed by atoms with Crippen molar-refractivity contribution < 1.29 is 19.5 Å². The summed E-state index contributed by atoms with van der Waals surface area (Å²) < 4.78 is 0. The van der Waals surface area contributed by atoms with Crippen molar-refractivity contribution in [2.24, 2.45) is 0 Å². The molecule has 0 rings (SSSR count). The van der Waals surface area contributed by atoms with Gasteiger partial charge in [0.1, 0.15) is 6.04 Å². The zero-order valence-corrected chi connectivity index (χ0v) is 24.9. The molecule has 0 aliphatic carbocycles. The van der Waals surface area contributed by atoms with Gasteiger partial charge in [-0.3, -0.25) is 14.4 Å². The third kappa shape index (κ3) is 22.3. The third-order valence-corrected chi connectivity index (χ3v) is 7.62. The fourth-order valence-electron chi connectivity index (χ4n) is 5.05. The number of unbranched alkanes of at least 4 members (excludes halogenated alkanes) is 20. The number of carboxylic acids is 1. The fraction of sp³-hybridized carbons (Fsp3) is 0.906. The molecule has 5 nitrogen and oxygen atoms in total. The van der Waals surface area contributed by atoms with Gasteiger partial charge in [-0.1, -0.05) is 142 Å². The lowest BCUT2D eigenvalue weighted by Crippen LogP contribution is -2.43. The molecule has 0 aromatic heterocycles. The summed E-state index contributed by atoms with van der Waals surface area (Å²) in [5.74, 6) is -1.23. The third-order valence-electron chi connectivity index (χ3n) is 7.62. The molecule has 0 fully saturated rings. The molecule has 218 valence electrons. The van der Waals surface area contributed by atoms with Crippen LogP contribution in [0.25, 0.3) is 0 Å². The van der Waals surface area contributed by atoms with Gasteiger partial charge >= 0.3 is 5.97 Å². The zero-order chi connectivity index (χ0) is 27.6. The molecule has 0 bridgehead atoms. The number of aliphatic carboxylic acids is 1. The Balaban J connectivity index is 4.04. The van der Waals surface area contributed by atoms with Crippen molar-refractivity contribution >= 4 is 17.7 Å². The standard InChI is InChI=1S/C32H61NO4/c1-4-6-8-10-12-14-16-18-20-22-24-26-30(34)29(28-32(36)37)33(3)31(35)27-25-23-21-19-17-15-13-11-9-7-5-2/h29H,4-28H2,1-3H3,(H,36,37). The summed E-state index contributed by atoms with van der Waals surface area (Å²) in [6.07, 6.45) is 27.3. The second kappa shape index (κ2) is 26.2. The Hall–Kier alpha value is -1.39. The SMILES string of the molecule is CCCCCCCCCCCCCC(=O)C(CC(=O)O)N(C)C(=O)CCCCCCCCCCCCC. The van der Waals surface area contributed by atoms with Crippen molar-refractivity contribution in [1.82, 2.24) is 4.90 Å². The van der Waals surface area contributed by atoms with Gasteiger partial charge in [0.2, 0.25) is 5.91 Å². The highest BCUT2D eigenvalue weighted by atomic mass is 16.4. The minimum atomic E-state index is -1.02. The normalized spacial score (nSPS) is 12.0. The molecule has 5 heteroatoms. The van der Waals surface area contributed by atoms with Crippen molar-refractivity contribution in [1.29, 1.82) is 0 Å². The van der Waals surface area contributed by atoms with Crippen molar-refractivity contribution in [3.05, 3.63) is 0 Å². The highest BCUT2D eigenvalue weighted by Crippen LogP contribution is 2.16. The van der Waals surface area contributed by atoms with Gasteiger partial charge in [0.15, 0.2) is 5.78 Å². The van der Waals surface area contributed by atoms with Gasteiger partial charge in [-0.25, -0.2) is 0 Å². The lowest BCUT2D eigenvalue weighted by atomic mass is 9.99. The summed E-state index contributed by atoms with van der Waals surface area (Å²) in [6.45, 7) is 4.48. The van der Waals surface area contributed by atoms with Crippen LogP contribution in [-0.4, -0.2) is 40.8 Å². The molecule has 0 heterocycles. The Morgan fingerprint density at radius 1 is 0.541 bits per heavy atom. The minimum absolute atomic E-state index is 0.102. The summed E-state index contributed by atoms with van der Waals surface area (Å²) in [7, 11) is 1.60. The molecule has 1 unspecified atom stereocenters. The number of rotatable bonds is 28. The van der Waals surface area contributed by atoms with E-state index >= 15 is 0 Å². The zero-order valence-electron chi connectivity index (χ0n) is 24.9. The van der Waals surface area contributed by atoms with E-state index in [1.165, 1.54) is 108 Å². The number of carbonyl (C=O) groups is 3. The molecule has 1 N–H and O–H groups in total. The van der Waals surface area contributed by atoms with E-state index in [-0.39, 0.29) is 18.1 Å². The molecular formula is C32H61NO4. The Kier molecular flexibility index (Phi) is 25.2. The van der Waals surface area contributed by atoms with E-state index in [4.69, 9.17) is 0 Å². The second-order valence-corrected chi connectivity index (χ2v) is 11.2. The van der Waals surface area contributed by atoms with Gasteiger partial charge in [0.05, 0.1) is 6.42 Å². The molecule has 0 aromatic carbocycles. The number of likely N-dealkylation sites (N-methyl/N-ethyl adjacent to an activating group) is 1. The van der Waals surface area contributed by atoms with Crippen LogP contribution in [-0.2, 0) is 14.4 Å². The number of hydrogen-bond acceptors (Lipinski definition) is 3. The van der Waals surface area contributed by atoms with E-state index in [1.807, 2.05) is 0 Å². The molecule has 0 saturated heterocycles. The molecular weight excluding hydrogens is 462 g/mol. The van der Waals surface area contributed by atoms with Crippen LogP contribution in [0, 0.1) is 0 Å². The van der Waals surface area contributed by atoms with E-state index in [1.54, 1.807) is 7.05 Å². The summed E-state index contributed by atoms with van der Waals surface area (Å²) >= 11 is 0. The topological polar surface area (TPSA) is 74.7 Å². The summed E-state index contributed by atoms with van der Waals surface area (Å²) in [5.41, 5.74) is 0. The minimum Gasteiger partial charge on any atom is -0.481 e. The number of ketones is 1. The van der Waals surface area contributed by atoms with E-state index in [9.17, 15) is 19.5 Å². The molecule has 0 aliphatic heterocycles. The number of amides is 1. The highest BCUT2D eigenvalue weighted by Gasteiger charge is 2.28. The highest BCUT2D eigenvalue weighted by molar-refractivity contribution is 5.91. The van der Waals surface area contributed by atoms with Crippen LogP contribution in [0.2, 0.25) is 0 Å². The lowest BCUT2D eigenvalue weighted by molar-refractivity contribution is -0.145. The van der Waals surface area contributed by atoms with Crippen molar-refractivity contribution in [2.75, 3.05) is 7.05 Å². The monoisotopic (exact) mass is 523 g/mol. The van der Waals surface area contributed by atoms with E-state index in [2.05, 4.69) is 13.8 Å². The first kappa shape index (κ1) is 35.6. The molecule has 0 spiro atoms. The maximum Gasteiger partial charge on any atom is 0.305 e. The smallest absolute Gasteiger partial charge is 0.305 e. The summed E-state index contributed by atoms with van der Waals surface area (Å²) in [6, 6.07) is -0.833. The predicted molar refractivity (Wildman–Crippen MR) is 156 cm³/mol. The van der Waals surface area contributed by atoms with Crippen molar-refractivity contribution in [3.63, 3.8) is 0 Å². The van der Waals surface area contributed by atoms with Gasteiger partial charge in [0, 0.05) is 19.9 Å². The first-order valence-electron chi connectivity index (χ1n) is 15.9. The van der Waals surface area contributed by atoms with Gasteiger partial charge in [-0.2, -0.15) is 0 Å². The summed E-state index contributed by atoms with van der Waals surface area (Å²) in [4.78, 5) is 38.2. The maximum atomic E-state index is 12.8. The second-order valence-electron chi connectivity index (χ2n) is 11.2. The average molecular weight is 524 g/mol. The molecule has 0 aliphatic rings. The van der Waals surface area contributed by atoms with Gasteiger partial charge < -0.3 is 10.0 Å². The molecule has 0 radical (unpaired) electrons. The number of carboxylic acid groups (broad SMARTS) is 1. The number of Topliss-reactive ketones (excluding diaryl/α,β-unsaturated/α-hetero) is 1. The van der Waals surface area contributed by atoms with Gasteiger partial charge in [0.25, 0.3) is 0 Å². The van der Waals surface area contributed by atoms with Crippen LogP contribution in [0.4, 0.5) is 0 Å². The Morgan fingerprint density at radius 2 is 0.865 bits per heavy atom. The average Bonchev–Trinajstić information content (AvgIpc) is 2.88. The van der Waals surface area contributed by atoms with Crippen LogP contribution in [0.15, 0.2) is 0 Å². The van der Waals surface area contributed by atoms with Crippen LogP contribution < -0.4 is 0 Å². The van der Waals surface area contributed by atoms with Crippen LogP contribution in [0.5, 0.6) is 0 Å². The lowest BCUT2D eigenvalue weighted by Gasteiger charge is -2.26. The van der Waals surface area contributed by atoms with Gasteiger partial charge in [-0.05, 0) is 12.8 Å². The van der Waals surface area contributed by atoms with Crippen molar-refractivity contribution in [3.8, 4) is 0 Å². The first-order valence-corrected chi connectivity index (χ1v) is 15.9. The quantitative estimate of drug-likeness (QED) is 0.104. The number of hydrogen-bond donors (Lipinski definition) is 1. The van der Waals surface area contributed by atoms with Crippen LogP contribution >= 0.6 is 0 Å². The number of nitrogens with zero attached hydrogens (tertiary/aromatic N) is 1. The van der Waals surface area contributed by atoms with E-state index in [0.717, 1.165) is 38.5 Å². The Labute approximate surface area is 229 Å². The fourth-order valence-corrected chi connectivity index (χ4v) is 5.05. The van der Waals surface area contributed by atoms with Crippen LogP contribution in [0.1, 0.15) is 174 Å². The first-order chi connectivity index (χ1) is 17.9. The Bertz CT molecular complexity index is 563. The Morgan fingerprint density at radius 3 is 1.22 bits per heavy atom. The maximum absolute atomic E-state index is 12.8. The molecule has 0 aromatic rings.